The van der Waals surface area contributed by atoms with E-state index in [2.05, 4.69) is 20.5 Å². The van der Waals surface area contributed by atoms with Gasteiger partial charge in [-0.15, -0.1) is 5.10 Å². The Balaban J connectivity index is 1.81. The maximum atomic E-state index is 4.23. The van der Waals surface area contributed by atoms with Crippen molar-refractivity contribution >= 4 is 5.82 Å². The Morgan fingerprint density at radius 3 is 2.80 bits per heavy atom. The summed E-state index contributed by atoms with van der Waals surface area (Å²) in [6.45, 7) is 0.815. The summed E-state index contributed by atoms with van der Waals surface area (Å²) in [5, 5.41) is 10.9. The minimum Gasteiger partial charge on any atom is -0.368 e. The predicted octanol–water partition coefficient (Wildman–Crippen LogP) is 1.53. The van der Waals surface area contributed by atoms with E-state index >= 15 is 0 Å². The van der Waals surface area contributed by atoms with Gasteiger partial charge in [-0.1, -0.05) is 6.07 Å². The van der Waals surface area contributed by atoms with Crippen LogP contribution in [0.5, 0.6) is 0 Å². The number of aromatic nitrogens is 3. The summed E-state index contributed by atoms with van der Waals surface area (Å²) < 4.78 is 0. The van der Waals surface area contributed by atoms with Crippen LogP contribution in [0.4, 0.5) is 5.82 Å². The third-order valence-corrected chi connectivity index (χ3v) is 1.99. The van der Waals surface area contributed by atoms with Gasteiger partial charge in [0.2, 0.25) is 0 Å². The Morgan fingerprint density at radius 1 is 1.07 bits per heavy atom. The highest BCUT2D eigenvalue weighted by Crippen LogP contribution is 1.99. The Hall–Kier alpha value is -1.97. The molecule has 0 atom stereocenters. The van der Waals surface area contributed by atoms with E-state index in [0.29, 0.717) is 0 Å². The van der Waals surface area contributed by atoms with Crippen molar-refractivity contribution in [3.8, 4) is 0 Å². The molecule has 4 nitrogen and oxygen atoms in total. The van der Waals surface area contributed by atoms with Crippen molar-refractivity contribution in [3.63, 3.8) is 0 Å². The second-order valence-corrected chi connectivity index (χ2v) is 3.11. The molecule has 0 amide bonds. The zero-order valence-electron chi connectivity index (χ0n) is 8.30. The standard InChI is InChI=1S/C11H12N4/c1-2-7-12-10(4-1)6-9-13-11-5-3-8-14-15-11/h1-5,7-8H,6,9H2,(H,13,15). The second-order valence-electron chi connectivity index (χ2n) is 3.11. The van der Waals surface area contributed by atoms with Gasteiger partial charge in [0.15, 0.2) is 0 Å². The van der Waals surface area contributed by atoms with Crippen LogP contribution in [0.1, 0.15) is 5.69 Å². The molecule has 1 N–H and O–H groups in total. The first-order chi connectivity index (χ1) is 7.45. The van der Waals surface area contributed by atoms with Crippen LogP contribution in [0.25, 0.3) is 0 Å². The molecule has 2 heterocycles. The lowest BCUT2D eigenvalue weighted by atomic mass is 10.3. The average Bonchev–Trinajstić information content (AvgIpc) is 2.32. The molecule has 0 saturated heterocycles. The molecule has 0 unspecified atom stereocenters. The van der Waals surface area contributed by atoms with Gasteiger partial charge in [-0.2, -0.15) is 5.10 Å². The number of anilines is 1. The SMILES string of the molecule is c1ccc(CCNc2cccnn2)nc1. The number of pyridine rings is 1. The van der Waals surface area contributed by atoms with E-state index in [4.69, 9.17) is 0 Å². The third-order valence-electron chi connectivity index (χ3n) is 1.99. The van der Waals surface area contributed by atoms with Crippen LogP contribution in [-0.4, -0.2) is 21.7 Å². The number of nitrogens with zero attached hydrogens (tertiary/aromatic N) is 3. The van der Waals surface area contributed by atoms with Gasteiger partial charge >= 0.3 is 0 Å². The first-order valence-corrected chi connectivity index (χ1v) is 4.86. The first kappa shape index (κ1) is 9.58. The van der Waals surface area contributed by atoms with Crippen LogP contribution in [0.2, 0.25) is 0 Å². The third kappa shape index (κ3) is 3.02. The molecule has 0 aromatic carbocycles. The second kappa shape index (κ2) is 5.05. The predicted molar refractivity (Wildman–Crippen MR) is 58.5 cm³/mol. The summed E-state index contributed by atoms with van der Waals surface area (Å²) in [5.74, 6) is 0.799. The molecule has 76 valence electrons. The normalized spacial score (nSPS) is 9.87. The smallest absolute Gasteiger partial charge is 0.148 e. The van der Waals surface area contributed by atoms with Crippen LogP contribution in [0.3, 0.4) is 0 Å². The Kier molecular flexibility index (Phi) is 3.22. The summed E-state index contributed by atoms with van der Waals surface area (Å²) in [6, 6.07) is 9.67. The molecule has 2 rings (SSSR count). The van der Waals surface area contributed by atoms with Gasteiger partial charge in [0.05, 0.1) is 0 Å². The van der Waals surface area contributed by atoms with Crippen LogP contribution in [0, 0.1) is 0 Å². The Bertz CT molecular complexity index is 348. The molecule has 0 aliphatic carbocycles. The number of hydrogen-bond acceptors (Lipinski definition) is 4. The minimum absolute atomic E-state index is 0.799. The lowest BCUT2D eigenvalue weighted by Crippen LogP contribution is -2.07. The lowest BCUT2D eigenvalue weighted by Gasteiger charge is -2.03. The lowest BCUT2D eigenvalue weighted by molar-refractivity contribution is 0.935. The molecule has 0 fully saturated rings. The maximum absolute atomic E-state index is 4.23. The largest absolute Gasteiger partial charge is 0.368 e. The number of hydrogen-bond donors (Lipinski definition) is 1. The van der Waals surface area contributed by atoms with Gasteiger partial charge in [-0.3, -0.25) is 4.98 Å². The fourth-order valence-corrected chi connectivity index (χ4v) is 1.26. The Morgan fingerprint density at radius 2 is 2.07 bits per heavy atom. The average molecular weight is 200 g/mol. The molecule has 15 heavy (non-hydrogen) atoms. The fourth-order valence-electron chi connectivity index (χ4n) is 1.26. The van der Waals surface area contributed by atoms with Gasteiger partial charge in [0.25, 0.3) is 0 Å². The van der Waals surface area contributed by atoms with Crippen molar-refractivity contribution in [2.75, 3.05) is 11.9 Å². The molecule has 4 heteroatoms. The highest BCUT2D eigenvalue weighted by molar-refractivity contribution is 5.31. The van der Waals surface area contributed by atoms with Gasteiger partial charge in [0.1, 0.15) is 5.82 Å². The van der Waals surface area contributed by atoms with E-state index in [9.17, 15) is 0 Å². The van der Waals surface area contributed by atoms with E-state index < -0.39 is 0 Å². The molecule has 2 aromatic rings. The van der Waals surface area contributed by atoms with Crippen LogP contribution in [0.15, 0.2) is 42.7 Å². The molecule has 0 bridgehead atoms. The van der Waals surface area contributed by atoms with Crippen LogP contribution in [-0.2, 0) is 6.42 Å². The molecule has 0 saturated carbocycles. The van der Waals surface area contributed by atoms with E-state index in [1.807, 2.05) is 30.3 Å². The maximum Gasteiger partial charge on any atom is 0.148 e. The highest BCUT2D eigenvalue weighted by atomic mass is 15.2. The van der Waals surface area contributed by atoms with Crippen molar-refractivity contribution in [1.29, 1.82) is 0 Å². The first-order valence-electron chi connectivity index (χ1n) is 4.86. The molecule has 0 radical (unpaired) electrons. The zero-order chi connectivity index (χ0) is 10.3. The van der Waals surface area contributed by atoms with Crippen molar-refractivity contribution in [2.45, 2.75) is 6.42 Å². The van der Waals surface area contributed by atoms with E-state index in [-0.39, 0.29) is 0 Å². The molecule has 2 aromatic heterocycles. The summed E-state index contributed by atoms with van der Waals surface area (Å²) in [7, 11) is 0. The summed E-state index contributed by atoms with van der Waals surface area (Å²) in [6.07, 6.45) is 4.35. The highest BCUT2D eigenvalue weighted by Gasteiger charge is 1.94. The van der Waals surface area contributed by atoms with E-state index in [0.717, 1.165) is 24.5 Å². The number of nitrogens with one attached hydrogen (secondary N) is 1. The quantitative estimate of drug-likeness (QED) is 0.813. The number of rotatable bonds is 4. The van der Waals surface area contributed by atoms with E-state index in [1.54, 1.807) is 12.4 Å². The van der Waals surface area contributed by atoms with E-state index in [1.165, 1.54) is 0 Å². The van der Waals surface area contributed by atoms with Gasteiger partial charge in [0, 0.05) is 31.1 Å². The fraction of sp³-hybridized carbons (Fsp3) is 0.182. The van der Waals surface area contributed by atoms with Crippen LogP contribution >= 0.6 is 0 Å². The summed E-state index contributed by atoms with van der Waals surface area (Å²) in [4.78, 5) is 4.23. The summed E-state index contributed by atoms with van der Waals surface area (Å²) in [5.41, 5.74) is 1.08. The van der Waals surface area contributed by atoms with Crippen molar-refractivity contribution in [2.24, 2.45) is 0 Å². The molecular weight excluding hydrogens is 188 g/mol. The Labute approximate surface area is 88.4 Å². The molecular formula is C11H12N4. The molecule has 0 aliphatic rings. The van der Waals surface area contributed by atoms with Crippen molar-refractivity contribution in [3.05, 3.63) is 48.4 Å². The van der Waals surface area contributed by atoms with Crippen molar-refractivity contribution in [1.82, 2.24) is 15.2 Å². The van der Waals surface area contributed by atoms with Gasteiger partial charge in [-0.05, 0) is 24.3 Å². The van der Waals surface area contributed by atoms with Crippen molar-refractivity contribution < 1.29 is 0 Å². The monoisotopic (exact) mass is 200 g/mol. The minimum atomic E-state index is 0.799. The van der Waals surface area contributed by atoms with Crippen LogP contribution < -0.4 is 5.32 Å². The molecule has 0 spiro atoms. The zero-order valence-corrected chi connectivity index (χ0v) is 8.30. The van der Waals surface area contributed by atoms with Gasteiger partial charge < -0.3 is 5.32 Å². The summed E-state index contributed by atoms with van der Waals surface area (Å²) >= 11 is 0. The topological polar surface area (TPSA) is 50.7 Å². The van der Waals surface area contributed by atoms with Gasteiger partial charge in [-0.25, -0.2) is 0 Å². The molecule has 0 aliphatic heterocycles.